The number of nitrogens with one attached hydrogen (secondary N) is 1. The number of fused-ring (bicyclic) bond motifs is 1. The third-order valence-electron chi connectivity index (χ3n) is 3.42. The van der Waals surface area contributed by atoms with Gasteiger partial charge < -0.3 is 5.32 Å². The van der Waals surface area contributed by atoms with Crippen LogP contribution in [0.4, 0.5) is 0 Å². The zero-order valence-corrected chi connectivity index (χ0v) is 12.2. The average molecular weight is 285 g/mol. The van der Waals surface area contributed by atoms with Crippen LogP contribution < -0.4 is 5.32 Å². The van der Waals surface area contributed by atoms with Gasteiger partial charge in [0, 0.05) is 23.3 Å². The summed E-state index contributed by atoms with van der Waals surface area (Å²) in [5.41, 5.74) is 3.75. The first-order valence-corrected chi connectivity index (χ1v) is 7.28. The molecule has 0 saturated heterocycles. The molecule has 1 amide bonds. The maximum Gasteiger partial charge on any atom is 0.251 e. The lowest BCUT2D eigenvalue weighted by Crippen LogP contribution is -2.24. The molecule has 102 valence electrons. The smallest absolute Gasteiger partial charge is 0.251 e. The van der Waals surface area contributed by atoms with Gasteiger partial charge in [0.25, 0.3) is 5.91 Å². The van der Waals surface area contributed by atoms with Crippen molar-refractivity contribution in [1.82, 2.24) is 14.7 Å². The number of imidazole rings is 1. The third kappa shape index (κ3) is 2.32. The van der Waals surface area contributed by atoms with E-state index >= 15 is 0 Å². The van der Waals surface area contributed by atoms with Crippen LogP contribution in [-0.4, -0.2) is 15.3 Å². The fourth-order valence-electron chi connectivity index (χ4n) is 2.12. The zero-order chi connectivity index (χ0) is 14.1. The number of carbonyl (C=O) groups excluding carboxylic acids is 1. The van der Waals surface area contributed by atoms with E-state index in [2.05, 4.69) is 10.3 Å². The molecule has 0 atom stereocenters. The molecule has 3 aromatic rings. The Balaban J connectivity index is 1.73. The van der Waals surface area contributed by atoms with Crippen molar-refractivity contribution in [2.24, 2.45) is 0 Å². The van der Waals surface area contributed by atoms with Gasteiger partial charge in [-0.15, -0.1) is 11.3 Å². The van der Waals surface area contributed by atoms with Gasteiger partial charge in [-0.25, -0.2) is 4.98 Å². The largest absolute Gasteiger partial charge is 0.346 e. The first-order valence-electron chi connectivity index (χ1n) is 6.40. The summed E-state index contributed by atoms with van der Waals surface area (Å²) in [6.45, 7) is 4.42. The number of amides is 1. The number of nitrogens with zero attached hydrogens (tertiary/aromatic N) is 2. The molecule has 0 fully saturated rings. The van der Waals surface area contributed by atoms with Crippen LogP contribution in [0, 0.1) is 13.8 Å². The minimum absolute atomic E-state index is 0.0532. The van der Waals surface area contributed by atoms with E-state index in [1.165, 1.54) is 0 Å². The molecule has 4 nitrogen and oxygen atoms in total. The van der Waals surface area contributed by atoms with E-state index in [0.717, 1.165) is 27.3 Å². The Labute approximate surface area is 121 Å². The van der Waals surface area contributed by atoms with Gasteiger partial charge in [0.2, 0.25) is 0 Å². The van der Waals surface area contributed by atoms with E-state index < -0.39 is 0 Å². The quantitative estimate of drug-likeness (QED) is 0.804. The van der Waals surface area contributed by atoms with Crippen molar-refractivity contribution in [2.45, 2.75) is 20.4 Å². The molecule has 0 aliphatic carbocycles. The Morgan fingerprint density at radius 1 is 1.40 bits per heavy atom. The van der Waals surface area contributed by atoms with Gasteiger partial charge in [-0.05, 0) is 31.0 Å². The van der Waals surface area contributed by atoms with Crippen molar-refractivity contribution in [2.75, 3.05) is 0 Å². The number of rotatable bonds is 3. The van der Waals surface area contributed by atoms with E-state index in [-0.39, 0.29) is 5.91 Å². The summed E-state index contributed by atoms with van der Waals surface area (Å²) < 4.78 is 1.96. The molecule has 20 heavy (non-hydrogen) atoms. The molecule has 2 heterocycles. The highest BCUT2D eigenvalue weighted by Gasteiger charge is 2.10. The second-order valence-electron chi connectivity index (χ2n) is 4.76. The summed E-state index contributed by atoms with van der Waals surface area (Å²) in [5.74, 6) is -0.0532. The fourth-order valence-corrected chi connectivity index (χ4v) is 2.84. The van der Waals surface area contributed by atoms with E-state index in [1.807, 2.05) is 54.2 Å². The molecule has 0 saturated carbocycles. The van der Waals surface area contributed by atoms with Crippen molar-refractivity contribution in [3.8, 4) is 0 Å². The number of aryl methyl sites for hydroxylation is 1. The van der Waals surface area contributed by atoms with Crippen LogP contribution in [0.2, 0.25) is 0 Å². The highest BCUT2D eigenvalue weighted by molar-refractivity contribution is 7.15. The molecule has 5 heteroatoms. The predicted molar refractivity (Wildman–Crippen MR) is 80.2 cm³/mol. The summed E-state index contributed by atoms with van der Waals surface area (Å²) in [5, 5.41) is 4.91. The van der Waals surface area contributed by atoms with Crippen molar-refractivity contribution in [3.63, 3.8) is 0 Å². The highest BCUT2D eigenvalue weighted by Crippen LogP contribution is 2.14. The summed E-state index contributed by atoms with van der Waals surface area (Å²) in [6.07, 6.45) is 3.90. The number of hydrogen-bond acceptors (Lipinski definition) is 3. The van der Waals surface area contributed by atoms with Crippen LogP contribution >= 0.6 is 11.3 Å². The molecule has 0 spiro atoms. The molecule has 0 bridgehead atoms. The Morgan fingerprint density at radius 3 is 3.05 bits per heavy atom. The van der Waals surface area contributed by atoms with Crippen LogP contribution in [0.3, 0.4) is 0 Å². The van der Waals surface area contributed by atoms with E-state index in [9.17, 15) is 4.79 Å². The second kappa shape index (κ2) is 5.09. The normalized spacial score (nSPS) is 10.9. The lowest BCUT2D eigenvalue weighted by atomic mass is 10.0. The van der Waals surface area contributed by atoms with Gasteiger partial charge in [0.15, 0.2) is 4.96 Å². The lowest BCUT2D eigenvalue weighted by molar-refractivity contribution is 0.0950. The van der Waals surface area contributed by atoms with Crippen LogP contribution in [0.25, 0.3) is 4.96 Å². The number of aromatic nitrogens is 2. The number of hydrogen-bond donors (Lipinski definition) is 1. The first-order chi connectivity index (χ1) is 9.65. The Kier molecular flexibility index (Phi) is 3.28. The van der Waals surface area contributed by atoms with Gasteiger partial charge in [-0.1, -0.05) is 12.1 Å². The molecular weight excluding hydrogens is 270 g/mol. The SMILES string of the molecule is Cc1cccc(C(=O)NCc2cn3ccsc3n2)c1C. The second-order valence-corrected chi connectivity index (χ2v) is 5.63. The van der Waals surface area contributed by atoms with Gasteiger partial charge in [0.1, 0.15) is 0 Å². The third-order valence-corrected chi connectivity index (χ3v) is 4.19. The topological polar surface area (TPSA) is 46.4 Å². The van der Waals surface area contributed by atoms with E-state index in [0.29, 0.717) is 6.54 Å². The lowest BCUT2D eigenvalue weighted by Gasteiger charge is -2.08. The molecule has 0 radical (unpaired) electrons. The van der Waals surface area contributed by atoms with Crippen LogP contribution in [-0.2, 0) is 6.54 Å². The number of carbonyl (C=O) groups is 1. The highest BCUT2D eigenvalue weighted by atomic mass is 32.1. The average Bonchev–Trinajstić information content (AvgIpc) is 3.00. The molecule has 2 aromatic heterocycles. The van der Waals surface area contributed by atoms with Crippen molar-refractivity contribution in [3.05, 3.63) is 58.4 Å². The summed E-state index contributed by atoms with van der Waals surface area (Å²) in [6, 6.07) is 5.77. The molecule has 0 aliphatic rings. The number of benzene rings is 1. The summed E-state index contributed by atoms with van der Waals surface area (Å²) >= 11 is 1.58. The van der Waals surface area contributed by atoms with E-state index in [1.54, 1.807) is 11.3 Å². The van der Waals surface area contributed by atoms with Crippen molar-refractivity contribution < 1.29 is 4.79 Å². The van der Waals surface area contributed by atoms with Gasteiger partial charge in [-0.2, -0.15) is 0 Å². The summed E-state index contributed by atoms with van der Waals surface area (Å²) in [4.78, 5) is 17.6. The minimum Gasteiger partial charge on any atom is -0.346 e. The molecular formula is C15H15N3OS. The van der Waals surface area contributed by atoms with Gasteiger partial charge >= 0.3 is 0 Å². The Bertz CT molecular complexity index is 744. The Morgan fingerprint density at radius 2 is 2.25 bits per heavy atom. The standard InChI is InChI=1S/C15H15N3OS/c1-10-4-3-5-13(11(10)2)14(19)16-8-12-9-18-6-7-20-15(18)17-12/h3-7,9H,8H2,1-2H3,(H,16,19). The van der Waals surface area contributed by atoms with Gasteiger partial charge in [0.05, 0.1) is 12.2 Å². The monoisotopic (exact) mass is 285 g/mol. The maximum absolute atomic E-state index is 12.2. The molecule has 0 unspecified atom stereocenters. The van der Waals surface area contributed by atoms with Crippen molar-refractivity contribution in [1.29, 1.82) is 0 Å². The zero-order valence-electron chi connectivity index (χ0n) is 11.4. The van der Waals surface area contributed by atoms with Crippen LogP contribution in [0.15, 0.2) is 36.0 Å². The molecule has 0 aliphatic heterocycles. The van der Waals surface area contributed by atoms with Crippen LogP contribution in [0.5, 0.6) is 0 Å². The first kappa shape index (κ1) is 12.9. The minimum atomic E-state index is -0.0532. The summed E-state index contributed by atoms with van der Waals surface area (Å²) in [7, 11) is 0. The number of thiazole rings is 1. The van der Waals surface area contributed by atoms with E-state index in [4.69, 9.17) is 0 Å². The molecule has 1 N–H and O–H groups in total. The Hall–Kier alpha value is -2.14. The van der Waals surface area contributed by atoms with Crippen molar-refractivity contribution >= 4 is 22.2 Å². The molecule has 3 rings (SSSR count). The predicted octanol–water partition coefficient (Wildman–Crippen LogP) is 2.94. The van der Waals surface area contributed by atoms with Gasteiger partial charge in [-0.3, -0.25) is 9.20 Å². The maximum atomic E-state index is 12.2. The molecule has 1 aromatic carbocycles. The fraction of sp³-hybridized carbons (Fsp3) is 0.200. The van der Waals surface area contributed by atoms with Crippen LogP contribution in [0.1, 0.15) is 27.2 Å².